The quantitative estimate of drug-likeness (QED) is 0.727. The second-order valence-electron chi connectivity index (χ2n) is 4.72. The molecule has 3 N–H and O–H groups in total. The highest BCUT2D eigenvalue weighted by Gasteiger charge is 2.42. The molecule has 0 saturated carbocycles. The molecule has 0 unspecified atom stereocenters. The van der Waals surface area contributed by atoms with Crippen molar-refractivity contribution < 1.29 is 19.1 Å². The summed E-state index contributed by atoms with van der Waals surface area (Å²) in [5.41, 5.74) is 0.902. The minimum atomic E-state index is -1.25. The van der Waals surface area contributed by atoms with E-state index < -0.39 is 11.7 Å². The van der Waals surface area contributed by atoms with E-state index in [1.54, 1.807) is 18.2 Å². The van der Waals surface area contributed by atoms with E-state index in [0.29, 0.717) is 30.4 Å². The molecule has 0 fully saturated rings. The topological polar surface area (TPSA) is 96.5 Å². The number of amides is 3. The lowest BCUT2D eigenvalue weighted by Crippen LogP contribution is -2.35. The Balaban J connectivity index is 2.29. The third-order valence-corrected chi connectivity index (χ3v) is 3.48. The average Bonchev–Trinajstić information content (AvgIpc) is 2.85. The Labute approximate surface area is 122 Å². The highest BCUT2D eigenvalue weighted by atomic mass is 16.6. The van der Waals surface area contributed by atoms with Crippen LogP contribution in [0, 0.1) is 0 Å². The first-order chi connectivity index (χ1) is 10.0. The number of aldehydes is 1. The summed E-state index contributed by atoms with van der Waals surface area (Å²) in [6.07, 6.45) is 0.985. The maximum atomic E-state index is 11.5. The van der Waals surface area contributed by atoms with Gasteiger partial charge >= 0.3 is 12.1 Å². The predicted octanol–water partition coefficient (Wildman–Crippen LogP) is 1.13. The van der Waals surface area contributed by atoms with Crippen LogP contribution in [0.2, 0.25) is 0 Å². The molecule has 7 nitrogen and oxygen atoms in total. The standard InChI is InChI=1S/C14H17N3O4/c1-15-12(19)17-10-3-4-11-9(7-10)5-6-14(11,8-18)21-13(20)16-2/h3-4,7-8H,5-6H2,1-2H3,(H,16,20)(H2,15,17,19)/t14-/m1/s1. The summed E-state index contributed by atoms with van der Waals surface area (Å²) >= 11 is 0. The molecule has 1 aromatic carbocycles. The molecular formula is C14H17N3O4. The van der Waals surface area contributed by atoms with Gasteiger partial charge in [0.15, 0.2) is 11.9 Å². The van der Waals surface area contributed by atoms with Gasteiger partial charge < -0.3 is 20.7 Å². The van der Waals surface area contributed by atoms with Gasteiger partial charge in [0, 0.05) is 31.8 Å². The molecule has 2 rings (SSSR count). The van der Waals surface area contributed by atoms with E-state index in [2.05, 4.69) is 16.0 Å². The zero-order valence-corrected chi connectivity index (χ0v) is 11.9. The maximum absolute atomic E-state index is 11.5. The van der Waals surface area contributed by atoms with Gasteiger partial charge in [0.1, 0.15) is 0 Å². The lowest BCUT2D eigenvalue weighted by atomic mass is 9.97. The number of nitrogens with one attached hydrogen (secondary N) is 3. The second kappa shape index (κ2) is 5.82. The monoisotopic (exact) mass is 291 g/mol. The number of alkyl carbamates (subject to hydrolysis) is 1. The van der Waals surface area contributed by atoms with Crippen molar-refractivity contribution >= 4 is 24.1 Å². The van der Waals surface area contributed by atoms with Gasteiger partial charge in [-0.15, -0.1) is 0 Å². The lowest BCUT2D eigenvalue weighted by molar-refractivity contribution is -0.125. The van der Waals surface area contributed by atoms with Gasteiger partial charge in [0.25, 0.3) is 0 Å². The van der Waals surface area contributed by atoms with Crippen molar-refractivity contribution in [3.8, 4) is 0 Å². The number of rotatable bonds is 3. The van der Waals surface area contributed by atoms with Crippen LogP contribution in [0.4, 0.5) is 15.3 Å². The molecule has 1 aliphatic rings. The third-order valence-electron chi connectivity index (χ3n) is 3.48. The van der Waals surface area contributed by atoms with Crippen LogP contribution in [0.1, 0.15) is 17.5 Å². The van der Waals surface area contributed by atoms with Crippen LogP contribution in [0.15, 0.2) is 18.2 Å². The first kappa shape index (κ1) is 14.8. The second-order valence-corrected chi connectivity index (χ2v) is 4.72. The number of ether oxygens (including phenoxy) is 1. The van der Waals surface area contributed by atoms with Crippen LogP contribution in [-0.4, -0.2) is 32.5 Å². The fraction of sp³-hybridized carbons (Fsp3) is 0.357. The Hall–Kier alpha value is -2.57. The van der Waals surface area contributed by atoms with Crippen LogP contribution in [0.25, 0.3) is 0 Å². The van der Waals surface area contributed by atoms with Gasteiger partial charge in [-0.1, -0.05) is 6.07 Å². The minimum absolute atomic E-state index is 0.323. The van der Waals surface area contributed by atoms with Gasteiger partial charge in [0.05, 0.1) is 0 Å². The summed E-state index contributed by atoms with van der Waals surface area (Å²) in [7, 11) is 2.96. The van der Waals surface area contributed by atoms with Gasteiger partial charge in [-0.3, -0.25) is 4.79 Å². The molecule has 112 valence electrons. The van der Waals surface area contributed by atoms with Crippen LogP contribution < -0.4 is 16.0 Å². The van der Waals surface area contributed by atoms with Crippen molar-refractivity contribution in [3.63, 3.8) is 0 Å². The summed E-state index contributed by atoms with van der Waals surface area (Å²) in [6, 6.07) is 4.83. The van der Waals surface area contributed by atoms with Crippen LogP contribution in [-0.2, 0) is 21.6 Å². The summed E-state index contributed by atoms with van der Waals surface area (Å²) in [5, 5.41) is 7.46. The Morgan fingerprint density at radius 1 is 1.29 bits per heavy atom. The molecule has 0 heterocycles. The number of hydrogen-bond donors (Lipinski definition) is 3. The number of urea groups is 1. The van der Waals surface area contributed by atoms with E-state index in [1.165, 1.54) is 14.1 Å². The normalized spacial score (nSPS) is 19.3. The first-order valence-electron chi connectivity index (χ1n) is 6.54. The van der Waals surface area contributed by atoms with Crippen molar-refractivity contribution in [2.75, 3.05) is 19.4 Å². The highest BCUT2D eigenvalue weighted by Crippen LogP contribution is 2.39. The van der Waals surface area contributed by atoms with Crippen molar-refractivity contribution in [1.29, 1.82) is 0 Å². The SMILES string of the molecule is CNC(=O)Nc1ccc2c(c1)CC[C@]2(C=O)OC(=O)NC. The average molecular weight is 291 g/mol. The van der Waals surface area contributed by atoms with Crippen molar-refractivity contribution in [2.45, 2.75) is 18.4 Å². The summed E-state index contributed by atoms with van der Waals surface area (Å²) in [5.74, 6) is 0. The molecule has 7 heteroatoms. The largest absolute Gasteiger partial charge is 0.430 e. The molecule has 1 atom stereocenters. The summed E-state index contributed by atoms with van der Waals surface area (Å²) < 4.78 is 5.25. The predicted molar refractivity (Wildman–Crippen MR) is 76.1 cm³/mol. The van der Waals surface area contributed by atoms with E-state index in [4.69, 9.17) is 4.74 Å². The van der Waals surface area contributed by atoms with Crippen molar-refractivity contribution in [3.05, 3.63) is 29.3 Å². The van der Waals surface area contributed by atoms with Crippen molar-refractivity contribution in [1.82, 2.24) is 10.6 Å². The van der Waals surface area contributed by atoms with Gasteiger partial charge in [0.2, 0.25) is 0 Å². The van der Waals surface area contributed by atoms with Crippen molar-refractivity contribution in [2.24, 2.45) is 0 Å². The Morgan fingerprint density at radius 3 is 2.67 bits per heavy atom. The van der Waals surface area contributed by atoms with E-state index in [1.807, 2.05) is 0 Å². The fourth-order valence-electron chi connectivity index (χ4n) is 2.41. The lowest BCUT2D eigenvalue weighted by Gasteiger charge is -2.24. The molecule has 0 radical (unpaired) electrons. The molecule has 0 aromatic heterocycles. The first-order valence-corrected chi connectivity index (χ1v) is 6.54. The molecule has 0 saturated heterocycles. The van der Waals surface area contributed by atoms with Crippen LogP contribution in [0.3, 0.4) is 0 Å². The molecule has 21 heavy (non-hydrogen) atoms. The molecule has 1 aromatic rings. The van der Waals surface area contributed by atoms with E-state index >= 15 is 0 Å². The Kier molecular flexibility index (Phi) is 4.11. The molecule has 1 aliphatic carbocycles. The molecular weight excluding hydrogens is 274 g/mol. The number of benzene rings is 1. The van der Waals surface area contributed by atoms with Crippen LogP contribution in [0.5, 0.6) is 0 Å². The number of aryl methyl sites for hydroxylation is 1. The molecule has 0 bridgehead atoms. The Morgan fingerprint density at radius 2 is 2.05 bits per heavy atom. The number of carbonyl (C=O) groups excluding carboxylic acids is 3. The van der Waals surface area contributed by atoms with Gasteiger partial charge in [-0.25, -0.2) is 9.59 Å². The van der Waals surface area contributed by atoms with E-state index in [-0.39, 0.29) is 6.03 Å². The smallest absolute Gasteiger partial charge is 0.408 e. The number of anilines is 1. The van der Waals surface area contributed by atoms with Gasteiger partial charge in [-0.2, -0.15) is 0 Å². The third kappa shape index (κ3) is 2.81. The number of carbonyl (C=O) groups is 3. The Bertz CT molecular complexity index is 588. The molecule has 3 amide bonds. The zero-order valence-electron chi connectivity index (χ0n) is 11.9. The van der Waals surface area contributed by atoms with E-state index in [0.717, 1.165) is 5.56 Å². The number of hydrogen-bond acceptors (Lipinski definition) is 4. The molecule has 0 aliphatic heterocycles. The zero-order chi connectivity index (χ0) is 15.5. The highest BCUT2D eigenvalue weighted by molar-refractivity contribution is 5.89. The summed E-state index contributed by atoms with van der Waals surface area (Å²) in [6.45, 7) is 0. The minimum Gasteiger partial charge on any atom is -0.430 e. The number of fused-ring (bicyclic) bond motifs is 1. The maximum Gasteiger partial charge on any atom is 0.408 e. The summed E-state index contributed by atoms with van der Waals surface area (Å²) in [4.78, 5) is 34.2. The van der Waals surface area contributed by atoms with E-state index in [9.17, 15) is 14.4 Å². The fourth-order valence-corrected chi connectivity index (χ4v) is 2.41. The van der Waals surface area contributed by atoms with Gasteiger partial charge in [-0.05, 0) is 24.1 Å². The molecule has 0 spiro atoms. The van der Waals surface area contributed by atoms with Crippen LogP contribution >= 0.6 is 0 Å².